The maximum absolute atomic E-state index is 11.6. The number of hydrogen-bond acceptors (Lipinski definition) is 4. The molecule has 0 aliphatic carbocycles. The van der Waals surface area contributed by atoms with E-state index >= 15 is 0 Å². The summed E-state index contributed by atoms with van der Waals surface area (Å²) in [6, 6.07) is 15.6. The summed E-state index contributed by atoms with van der Waals surface area (Å²) in [4.78, 5) is 11.6. The van der Waals surface area contributed by atoms with Gasteiger partial charge in [0.2, 0.25) is 0 Å². The van der Waals surface area contributed by atoms with Crippen LogP contribution in [-0.2, 0) is 11.3 Å². The number of benzene rings is 2. The van der Waals surface area contributed by atoms with Gasteiger partial charge in [-0.15, -0.1) is 0 Å². The van der Waals surface area contributed by atoms with Crippen molar-refractivity contribution in [2.45, 2.75) is 26.5 Å². The van der Waals surface area contributed by atoms with Gasteiger partial charge in [-0.2, -0.15) is 0 Å². The number of alkyl carbamates (subject to hydrolysis) is 1. The molecule has 132 valence electrons. The van der Waals surface area contributed by atoms with Gasteiger partial charge in [-0.1, -0.05) is 50.2 Å². The predicted octanol–water partition coefficient (Wildman–Crippen LogP) is 4.08. The number of cyclic esters (lactones) is 1. The van der Waals surface area contributed by atoms with Gasteiger partial charge in [0, 0.05) is 5.41 Å². The lowest BCUT2D eigenvalue weighted by atomic mass is 9.80. The van der Waals surface area contributed by atoms with Crippen molar-refractivity contribution < 1.29 is 19.0 Å². The molecule has 1 aliphatic rings. The van der Waals surface area contributed by atoms with Crippen LogP contribution in [0.2, 0.25) is 0 Å². The summed E-state index contributed by atoms with van der Waals surface area (Å²) < 4.78 is 16.5. The highest BCUT2D eigenvalue weighted by Gasteiger charge is 2.38. The van der Waals surface area contributed by atoms with Gasteiger partial charge in [-0.3, -0.25) is 0 Å². The molecule has 25 heavy (non-hydrogen) atoms. The second-order valence-electron chi connectivity index (χ2n) is 6.83. The Bertz CT molecular complexity index is 743. The van der Waals surface area contributed by atoms with Gasteiger partial charge in [0.25, 0.3) is 0 Å². The molecule has 1 heterocycles. The minimum Gasteiger partial charge on any atom is -0.493 e. The van der Waals surface area contributed by atoms with Crippen LogP contribution < -0.4 is 14.8 Å². The van der Waals surface area contributed by atoms with Gasteiger partial charge in [0.15, 0.2) is 11.5 Å². The molecule has 0 radical (unpaired) electrons. The van der Waals surface area contributed by atoms with E-state index in [1.165, 1.54) is 0 Å². The average Bonchev–Trinajstić information content (AvgIpc) is 2.63. The number of rotatable bonds is 5. The smallest absolute Gasteiger partial charge is 0.407 e. The molecule has 5 heteroatoms. The summed E-state index contributed by atoms with van der Waals surface area (Å²) >= 11 is 0. The lowest BCUT2D eigenvalue weighted by molar-refractivity contribution is 0.0386. The van der Waals surface area contributed by atoms with Gasteiger partial charge in [0.05, 0.1) is 13.2 Å². The number of hydrogen-bond donors (Lipinski definition) is 1. The lowest BCUT2D eigenvalue weighted by Gasteiger charge is -2.38. The molecule has 1 saturated heterocycles. The summed E-state index contributed by atoms with van der Waals surface area (Å²) in [6.07, 6.45) is -0.396. The first kappa shape index (κ1) is 17.1. The average molecular weight is 341 g/mol. The molecule has 5 nitrogen and oxygen atoms in total. The van der Waals surface area contributed by atoms with Crippen molar-refractivity contribution in [2.24, 2.45) is 5.41 Å². The Hall–Kier alpha value is -2.69. The van der Waals surface area contributed by atoms with Gasteiger partial charge >= 0.3 is 6.09 Å². The molecular formula is C20H23NO4. The maximum atomic E-state index is 11.6. The van der Waals surface area contributed by atoms with E-state index in [0.29, 0.717) is 24.7 Å². The number of amides is 1. The largest absolute Gasteiger partial charge is 0.493 e. The van der Waals surface area contributed by atoms with Crippen LogP contribution in [0.3, 0.4) is 0 Å². The van der Waals surface area contributed by atoms with E-state index in [4.69, 9.17) is 14.2 Å². The first-order chi connectivity index (χ1) is 12.0. The molecule has 2 aromatic carbocycles. The molecule has 1 aliphatic heterocycles. The highest BCUT2D eigenvalue weighted by atomic mass is 16.6. The van der Waals surface area contributed by atoms with E-state index in [0.717, 1.165) is 11.1 Å². The van der Waals surface area contributed by atoms with Crippen molar-refractivity contribution in [3.8, 4) is 11.5 Å². The number of carbonyl (C=O) groups excluding carboxylic acids is 1. The van der Waals surface area contributed by atoms with Crippen LogP contribution in [0.4, 0.5) is 4.79 Å². The Morgan fingerprint density at radius 3 is 2.64 bits per heavy atom. The second-order valence-corrected chi connectivity index (χ2v) is 6.83. The minimum absolute atomic E-state index is 0.147. The highest BCUT2D eigenvalue weighted by Crippen LogP contribution is 2.39. The number of nitrogens with one attached hydrogen (secondary N) is 1. The number of carbonyl (C=O) groups is 1. The molecule has 1 atom stereocenters. The fraction of sp³-hybridized carbons (Fsp3) is 0.350. The molecule has 0 saturated carbocycles. The Morgan fingerprint density at radius 1 is 1.16 bits per heavy atom. The van der Waals surface area contributed by atoms with Crippen molar-refractivity contribution in [1.82, 2.24) is 5.32 Å². The molecule has 0 unspecified atom stereocenters. The van der Waals surface area contributed by atoms with E-state index in [2.05, 4.69) is 19.2 Å². The van der Waals surface area contributed by atoms with Crippen molar-refractivity contribution in [1.29, 1.82) is 0 Å². The SMILES string of the molecule is COc1cc([C@H]2NC(=O)OCC2(C)C)ccc1OCc1ccccc1. The van der Waals surface area contributed by atoms with E-state index in [1.807, 2.05) is 48.5 Å². The van der Waals surface area contributed by atoms with Gasteiger partial charge < -0.3 is 19.5 Å². The van der Waals surface area contributed by atoms with Crippen molar-refractivity contribution in [3.63, 3.8) is 0 Å². The molecule has 0 spiro atoms. The Balaban J connectivity index is 1.80. The monoisotopic (exact) mass is 341 g/mol. The third kappa shape index (κ3) is 3.87. The highest BCUT2D eigenvalue weighted by molar-refractivity contribution is 5.69. The summed E-state index contributed by atoms with van der Waals surface area (Å²) in [6.45, 7) is 4.96. The van der Waals surface area contributed by atoms with Crippen molar-refractivity contribution in [2.75, 3.05) is 13.7 Å². The molecule has 1 N–H and O–H groups in total. The summed E-state index contributed by atoms with van der Waals surface area (Å²) in [5.41, 5.74) is 1.84. The van der Waals surface area contributed by atoms with Crippen LogP contribution in [0.1, 0.15) is 31.0 Å². The minimum atomic E-state index is -0.396. The van der Waals surface area contributed by atoms with Crippen molar-refractivity contribution >= 4 is 6.09 Å². The molecule has 1 fully saturated rings. The van der Waals surface area contributed by atoms with E-state index in [1.54, 1.807) is 7.11 Å². The zero-order valence-corrected chi connectivity index (χ0v) is 14.7. The molecule has 2 aromatic rings. The molecular weight excluding hydrogens is 318 g/mol. The van der Waals surface area contributed by atoms with Crippen LogP contribution in [0.15, 0.2) is 48.5 Å². The molecule has 3 rings (SSSR count). The predicted molar refractivity (Wildman–Crippen MR) is 94.8 cm³/mol. The topological polar surface area (TPSA) is 56.8 Å². The first-order valence-corrected chi connectivity index (χ1v) is 8.27. The summed E-state index contributed by atoms with van der Waals surface area (Å²) in [5, 5.41) is 2.89. The van der Waals surface area contributed by atoms with Crippen LogP contribution in [-0.4, -0.2) is 19.8 Å². The molecule has 0 bridgehead atoms. The molecule has 0 aromatic heterocycles. The normalized spacial score (nSPS) is 18.8. The third-order valence-corrected chi connectivity index (χ3v) is 4.38. The van der Waals surface area contributed by atoms with Gasteiger partial charge in [-0.25, -0.2) is 4.79 Å². The first-order valence-electron chi connectivity index (χ1n) is 8.27. The van der Waals surface area contributed by atoms with Crippen LogP contribution >= 0.6 is 0 Å². The molecule has 1 amide bonds. The quantitative estimate of drug-likeness (QED) is 0.890. The number of ether oxygens (including phenoxy) is 3. The van der Waals surface area contributed by atoms with Crippen LogP contribution in [0, 0.1) is 5.41 Å². The fourth-order valence-electron chi connectivity index (χ4n) is 2.94. The third-order valence-electron chi connectivity index (χ3n) is 4.38. The fourth-order valence-corrected chi connectivity index (χ4v) is 2.94. The summed E-state index contributed by atoms with van der Waals surface area (Å²) in [7, 11) is 1.61. The zero-order valence-electron chi connectivity index (χ0n) is 14.7. The van der Waals surface area contributed by atoms with E-state index < -0.39 is 6.09 Å². The van der Waals surface area contributed by atoms with E-state index in [-0.39, 0.29) is 11.5 Å². The Labute approximate surface area is 147 Å². The Morgan fingerprint density at radius 2 is 1.92 bits per heavy atom. The standard InChI is InChI=1S/C20H23NO4/c1-20(2)13-25-19(22)21-18(20)15-9-10-16(17(11-15)23-3)24-12-14-7-5-4-6-8-14/h4-11,18H,12-13H2,1-3H3,(H,21,22)/t18-/m1/s1. The maximum Gasteiger partial charge on any atom is 0.407 e. The summed E-state index contributed by atoms with van der Waals surface area (Å²) in [5.74, 6) is 1.32. The van der Waals surface area contributed by atoms with E-state index in [9.17, 15) is 4.79 Å². The number of methoxy groups -OCH3 is 1. The van der Waals surface area contributed by atoms with Gasteiger partial charge in [-0.05, 0) is 23.3 Å². The lowest BCUT2D eigenvalue weighted by Crippen LogP contribution is -2.46. The second kappa shape index (κ2) is 7.05. The Kier molecular flexibility index (Phi) is 4.83. The van der Waals surface area contributed by atoms with Gasteiger partial charge in [0.1, 0.15) is 13.2 Å². The zero-order chi connectivity index (χ0) is 17.9. The van der Waals surface area contributed by atoms with Crippen LogP contribution in [0.5, 0.6) is 11.5 Å². The van der Waals surface area contributed by atoms with Crippen LogP contribution in [0.25, 0.3) is 0 Å². The van der Waals surface area contributed by atoms with Crippen molar-refractivity contribution in [3.05, 3.63) is 59.7 Å².